The third-order valence-corrected chi connectivity index (χ3v) is 8.50. The van der Waals surface area contributed by atoms with Crippen LogP contribution in [-0.4, -0.2) is 28.0 Å². The monoisotopic (exact) mass is 585 g/mol. The molecule has 6 rings (SSSR count). The molecular formula is C36H31N3O3S. The van der Waals surface area contributed by atoms with E-state index >= 15 is 0 Å². The Bertz CT molecular complexity index is 1830. The Balaban J connectivity index is 1.18. The maximum atomic E-state index is 13.5. The molecule has 0 fully saturated rings. The van der Waals surface area contributed by atoms with Gasteiger partial charge in [0.2, 0.25) is 5.91 Å². The minimum absolute atomic E-state index is 0.0514. The third-order valence-electron chi connectivity index (χ3n) is 7.52. The van der Waals surface area contributed by atoms with Gasteiger partial charge in [0.1, 0.15) is 5.70 Å². The van der Waals surface area contributed by atoms with E-state index in [0.29, 0.717) is 11.3 Å². The van der Waals surface area contributed by atoms with Gasteiger partial charge < -0.3 is 10.6 Å². The van der Waals surface area contributed by atoms with Gasteiger partial charge >= 0.3 is 0 Å². The number of nitrogens with one attached hydrogen (secondary N) is 2. The molecule has 4 aromatic carbocycles. The van der Waals surface area contributed by atoms with Crippen molar-refractivity contribution < 1.29 is 14.4 Å². The summed E-state index contributed by atoms with van der Waals surface area (Å²) in [5.74, 6) is -0.498. The van der Waals surface area contributed by atoms with Crippen molar-refractivity contribution in [2.45, 2.75) is 30.6 Å². The quantitative estimate of drug-likeness (QED) is 0.147. The van der Waals surface area contributed by atoms with Crippen molar-refractivity contribution in [3.63, 3.8) is 0 Å². The lowest BCUT2D eigenvalue weighted by atomic mass is 9.96. The molecule has 1 heterocycles. The molecule has 0 bridgehead atoms. The number of rotatable bonds is 8. The average molecular weight is 586 g/mol. The minimum atomic E-state index is -0.447. The lowest BCUT2D eigenvalue weighted by Crippen LogP contribution is -2.30. The van der Waals surface area contributed by atoms with Gasteiger partial charge in [-0.1, -0.05) is 72.8 Å². The highest BCUT2D eigenvalue weighted by molar-refractivity contribution is 8.00. The number of fused-ring (bicyclic) bond motifs is 3. The molecule has 7 heteroatoms. The Morgan fingerprint density at radius 3 is 2.33 bits per heavy atom. The summed E-state index contributed by atoms with van der Waals surface area (Å²) in [5, 5.41) is 6.86. The summed E-state index contributed by atoms with van der Waals surface area (Å²) in [4.78, 5) is 40.7. The van der Waals surface area contributed by atoms with Gasteiger partial charge in [0.05, 0.1) is 11.3 Å². The number of amides is 2. The third kappa shape index (κ3) is 6.47. The molecule has 5 aromatic rings. The fraction of sp³-hybridized carbons (Fsp3) is 0.139. The van der Waals surface area contributed by atoms with Gasteiger partial charge in [-0.3, -0.25) is 19.0 Å². The van der Waals surface area contributed by atoms with Crippen molar-refractivity contribution in [3.8, 4) is 0 Å². The molecule has 2 N–H and O–H groups in total. The maximum Gasteiger partial charge on any atom is 0.272 e. The summed E-state index contributed by atoms with van der Waals surface area (Å²) in [6.07, 6.45) is 5.83. The second-order valence-corrected chi connectivity index (χ2v) is 11.5. The largest absolute Gasteiger partial charge is 0.321 e. The first-order valence-corrected chi connectivity index (χ1v) is 15.4. The van der Waals surface area contributed by atoms with Gasteiger partial charge in [0.15, 0.2) is 0 Å². The summed E-state index contributed by atoms with van der Waals surface area (Å²) >= 11 is 1.44. The van der Waals surface area contributed by atoms with Gasteiger partial charge in [-0.2, -0.15) is 0 Å². The SMILES string of the molecule is O=C(Nc1cccc(SCC(=O)n2c3c(c4ccccc42)CCCC3)c1)/C(=C/c1ccccc1)NC(=O)c1ccccc1. The van der Waals surface area contributed by atoms with Crippen LogP contribution in [0.1, 0.15) is 44.8 Å². The van der Waals surface area contributed by atoms with Crippen LogP contribution in [0, 0.1) is 0 Å². The number of anilines is 1. The first-order valence-electron chi connectivity index (χ1n) is 14.4. The van der Waals surface area contributed by atoms with Crippen LogP contribution in [0.2, 0.25) is 0 Å². The smallest absolute Gasteiger partial charge is 0.272 e. The van der Waals surface area contributed by atoms with Gasteiger partial charge in [0.25, 0.3) is 11.8 Å². The highest BCUT2D eigenvalue weighted by Crippen LogP contribution is 2.33. The number of benzene rings is 4. The zero-order chi connectivity index (χ0) is 29.6. The Kier molecular flexibility index (Phi) is 8.52. The van der Waals surface area contributed by atoms with E-state index in [1.54, 1.807) is 36.4 Å². The summed E-state index contributed by atoms with van der Waals surface area (Å²) in [5.41, 5.74) is 5.36. The molecule has 0 radical (unpaired) electrons. The van der Waals surface area contributed by atoms with Crippen LogP contribution in [0.5, 0.6) is 0 Å². The molecule has 43 heavy (non-hydrogen) atoms. The van der Waals surface area contributed by atoms with E-state index < -0.39 is 5.91 Å². The second-order valence-electron chi connectivity index (χ2n) is 10.4. The number of carbonyl (C=O) groups excluding carboxylic acids is 3. The number of aryl methyl sites for hydroxylation is 1. The number of aromatic nitrogens is 1. The molecule has 0 saturated carbocycles. The molecule has 6 nitrogen and oxygen atoms in total. The van der Waals surface area contributed by atoms with Crippen LogP contribution in [0.15, 0.2) is 120 Å². The van der Waals surface area contributed by atoms with Crippen LogP contribution >= 0.6 is 11.8 Å². The Labute approximate surface area is 254 Å². The second kappa shape index (κ2) is 13.0. The summed E-state index contributed by atoms with van der Waals surface area (Å²) in [6, 6.07) is 33.7. The van der Waals surface area contributed by atoms with Crippen LogP contribution in [-0.2, 0) is 17.6 Å². The first kappa shape index (κ1) is 28.2. The Morgan fingerprint density at radius 2 is 1.51 bits per heavy atom. The topological polar surface area (TPSA) is 80.2 Å². The van der Waals surface area contributed by atoms with Gasteiger partial charge in [-0.25, -0.2) is 0 Å². The predicted molar refractivity (Wildman–Crippen MR) is 173 cm³/mol. The molecular weight excluding hydrogens is 554 g/mol. The number of nitrogens with zero attached hydrogens (tertiary/aromatic N) is 1. The van der Waals surface area contributed by atoms with Crippen molar-refractivity contribution in [2.24, 2.45) is 0 Å². The molecule has 1 aliphatic rings. The number of hydrogen-bond acceptors (Lipinski definition) is 4. The molecule has 0 atom stereocenters. The molecule has 0 aliphatic heterocycles. The van der Waals surface area contributed by atoms with Gasteiger partial charge in [0, 0.05) is 27.2 Å². The highest BCUT2D eigenvalue weighted by Gasteiger charge is 2.23. The summed E-state index contributed by atoms with van der Waals surface area (Å²) in [7, 11) is 0. The molecule has 0 saturated heterocycles. The summed E-state index contributed by atoms with van der Waals surface area (Å²) < 4.78 is 1.92. The fourth-order valence-electron chi connectivity index (χ4n) is 5.51. The van der Waals surface area contributed by atoms with Crippen LogP contribution < -0.4 is 10.6 Å². The summed E-state index contributed by atoms with van der Waals surface area (Å²) in [6.45, 7) is 0. The zero-order valence-corrected chi connectivity index (χ0v) is 24.4. The van der Waals surface area contributed by atoms with Crippen molar-refractivity contribution in [2.75, 3.05) is 11.1 Å². The van der Waals surface area contributed by atoms with Crippen molar-refractivity contribution in [3.05, 3.63) is 137 Å². The average Bonchev–Trinajstić information content (AvgIpc) is 3.39. The lowest BCUT2D eigenvalue weighted by molar-refractivity contribution is -0.113. The number of para-hydroxylation sites is 1. The van der Waals surface area contributed by atoms with Gasteiger partial charge in [-0.15, -0.1) is 11.8 Å². The van der Waals surface area contributed by atoms with Gasteiger partial charge in [-0.05, 0) is 79.3 Å². The number of hydrogen-bond donors (Lipinski definition) is 2. The van der Waals surface area contributed by atoms with E-state index in [0.717, 1.165) is 47.4 Å². The molecule has 1 aliphatic carbocycles. The lowest BCUT2D eigenvalue weighted by Gasteiger charge is -2.15. The highest BCUT2D eigenvalue weighted by atomic mass is 32.2. The molecule has 0 spiro atoms. The van der Waals surface area contributed by atoms with E-state index in [9.17, 15) is 14.4 Å². The number of thioether (sulfide) groups is 1. The number of carbonyl (C=O) groups is 3. The molecule has 1 aromatic heterocycles. The normalized spacial score (nSPS) is 12.9. The van der Waals surface area contributed by atoms with Crippen LogP contribution in [0.3, 0.4) is 0 Å². The molecule has 0 unspecified atom stereocenters. The Hall–Kier alpha value is -4.88. The van der Waals surface area contributed by atoms with E-state index in [1.165, 1.54) is 22.7 Å². The standard InChI is InChI=1S/C36H31N3O3S/c40-34(39-32-20-9-7-18-29(32)30-19-8-10-21-33(30)39)24-43-28-17-11-16-27(23-28)37-36(42)31(22-25-12-3-1-4-13-25)38-35(41)26-14-5-2-6-15-26/h1-7,9,11-18,20,22-23H,8,10,19,21,24H2,(H,37,42)(H,38,41)/b31-22-. The molecule has 2 amide bonds. The maximum absolute atomic E-state index is 13.5. The zero-order valence-electron chi connectivity index (χ0n) is 23.6. The van der Waals surface area contributed by atoms with Crippen molar-refractivity contribution in [1.82, 2.24) is 9.88 Å². The molecule has 214 valence electrons. The minimum Gasteiger partial charge on any atom is -0.321 e. The van der Waals surface area contributed by atoms with E-state index in [1.807, 2.05) is 77.4 Å². The first-order chi connectivity index (χ1) is 21.1. The van der Waals surface area contributed by atoms with E-state index in [-0.39, 0.29) is 23.3 Å². The Morgan fingerprint density at radius 1 is 0.791 bits per heavy atom. The van der Waals surface area contributed by atoms with E-state index in [2.05, 4.69) is 16.7 Å². The van der Waals surface area contributed by atoms with E-state index in [4.69, 9.17) is 0 Å². The van der Waals surface area contributed by atoms with Crippen LogP contribution in [0.25, 0.3) is 17.0 Å². The van der Waals surface area contributed by atoms with Crippen molar-refractivity contribution in [1.29, 1.82) is 0 Å². The fourth-order valence-corrected chi connectivity index (χ4v) is 6.31. The van der Waals surface area contributed by atoms with Crippen LogP contribution in [0.4, 0.5) is 5.69 Å². The predicted octanol–water partition coefficient (Wildman–Crippen LogP) is 7.36. The van der Waals surface area contributed by atoms with Crippen molar-refractivity contribution >= 4 is 52.1 Å².